The number of imidazole rings is 1. The Morgan fingerprint density at radius 2 is 2.00 bits per heavy atom. The summed E-state index contributed by atoms with van der Waals surface area (Å²) in [6.07, 6.45) is -2.26. The summed E-state index contributed by atoms with van der Waals surface area (Å²) in [7, 11) is -2.04. The maximum Gasteiger partial charge on any atom is 0.406 e. The van der Waals surface area contributed by atoms with Gasteiger partial charge < -0.3 is 24.7 Å². The Morgan fingerprint density at radius 3 is 2.68 bits per heavy atom. The number of aromatic nitrogens is 2. The van der Waals surface area contributed by atoms with Gasteiger partial charge in [-0.1, -0.05) is 18.8 Å². The predicted octanol–water partition coefficient (Wildman–Crippen LogP) is 4.04. The van der Waals surface area contributed by atoms with Crippen LogP contribution < -0.4 is 15.4 Å². The third-order valence-corrected chi connectivity index (χ3v) is 9.60. The third kappa shape index (κ3) is 8.35. The Hall–Kier alpha value is -3.87. The van der Waals surface area contributed by atoms with Gasteiger partial charge in [0.2, 0.25) is 0 Å². The van der Waals surface area contributed by atoms with E-state index < -0.39 is 34.6 Å². The van der Waals surface area contributed by atoms with E-state index in [-0.39, 0.29) is 52.6 Å². The van der Waals surface area contributed by atoms with Crippen molar-refractivity contribution in [1.82, 2.24) is 19.8 Å². The maximum atomic E-state index is 14.5. The van der Waals surface area contributed by atoms with Gasteiger partial charge in [0.15, 0.2) is 9.84 Å². The molecule has 0 unspecified atom stereocenters. The number of alkyl halides is 4. The Labute approximate surface area is 270 Å². The van der Waals surface area contributed by atoms with Crippen LogP contribution in [-0.4, -0.2) is 99.4 Å². The topological polar surface area (TPSA) is 115 Å². The molecule has 0 spiro atoms. The molecule has 2 aliphatic heterocycles. The van der Waals surface area contributed by atoms with Crippen molar-refractivity contribution in [3.63, 3.8) is 0 Å². The first-order valence-electron chi connectivity index (χ1n) is 15.2. The number of methoxy groups -OCH3 is 1. The molecule has 0 aliphatic carbocycles. The van der Waals surface area contributed by atoms with Gasteiger partial charge in [0.25, 0.3) is 5.91 Å². The number of benzene rings is 2. The lowest BCUT2D eigenvalue weighted by atomic mass is 9.90. The summed E-state index contributed by atoms with van der Waals surface area (Å²) in [6.45, 7) is 2.48. The van der Waals surface area contributed by atoms with Gasteiger partial charge in [-0.05, 0) is 49.1 Å². The van der Waals surface area contributed by atoms with E-state index in [1.165, 1.54) is 37.4 Å². The van der Waals surface area contributed by atoms with Crippen LogP contribution in [0.2, 0.25) is 0 Å². The number of nitrogens with one attached hydrogen (secondary N) is 2. The highest BCUT2D eigenvalue weighted by molar-refractivity contribution is 7.90. The monoisotopic (exact) mass is 679 g/mol. The minimum absolute atomic E-state index is 0.00624. The van der Waals surface area contributed by atoms with E-state index in [4.69, 9.17) is 9.47 Å². The van der Waals surface area contributed by atoms with E-state index in [1.54, 1.807) is 0 Å². The summed E-state index contributed by atoms with van der Waals surface area (Å²) in [6, 6.07) is 6.84. The standard InChI is InChI=1S/C32H37F4N5O5S/c1-20-16-40(27-9-12-46-17-24(27)33)11-8-25(20)39-31(42)23-13-21(14-28-30(23)38-19-41(28)18-32(34,35)36)5-4-10-37-26-15-22(47(3,43)44)6-7-29(26)45-2/h6-7,13-15,19-20,24-25,27,37H,8-12,16-18H2,1-3H3,(H,39,42)/t20-,24-,25-,27+/m0/s1. The second-order valence-electron chi connectivity index (χ2n) is 12.0. The number of rotatable bonds is 8. The van der Waals surface area contributed by atoms with Gasteiger partial charge in [0, 0.05) is 43.6 Å². The number of carbonyl (C=O) groups is 1. The number of hydrogen-bond acceptors (Lipinski definition) is 8. The molecule has 0 bridgehead atoms. The first-order chi connectivity index (χ1) is 22.2. The summed E-state index contributed by atoms with van der Waals surface area (Å²) in [5.41, 5.74) is 0.992. The van der Waals surface area contributed by atoms with Gasteiger partial charge in [-0.25, -0.2) is 17.8 Å². The fraction of sp³-hybridized carbons (Fsp3) is 0.500. The van der Waals surface area contributed by atoms with Gasteiger partial charge >= 0.3 is 6.18 Å². The van der Waals surface area contributed by atoms with E-state index in [1.807, 2.05) is 6.92 Å². The highest BCUT2D eigenvalue weighted by Crippen LogP contribution is 2.29. The fourth-order valence-corrected chi connectivity index (χ4v) is 6.76. The number of halogens is 4. The van der Waals surface area contributed by atoms with Crippen molar-refractivity contribution in [2.45, 2.75) is 55.6 Å². The van der Waals surface area contributed by atoms with Crippen LogP contribution >= 0.6 is 0 Å². The van der Waals surface area contributed by atoms with Gasteiger partial charge in [-0.3, -0.25) is 9.69 Å². The fourth-order valence-electron chi connectivity index (χ4n) is 6.11. The lowest BCUT2D eigenvalue weighted by Gasteiger charge is -2.43. The summed E-state index contributed by atoms with van der Waals surface area (Å²) in [5, 5.41) is 6.04. The zero-order valence-electron chi connectivity index (χ0n) is 26.2. The largest absolute Gasteiger partial charge is 0.495 e. The number of nitrogens with zero attached hydrogens (tertiary/aromatic N) is 3. The molecule has 2 fully saturated rings. The second-order valence-corrected chi connectivity index (χ2v) is 14.0. The smallest absolute Gasteiger partial charge is 0.406 e. The predicted molar refractivity (Wildman–Crippen MR) is 168 cm³/mol. The zero-order chi connectivity index (χ0) is 33.9. The molecule has 15 heteroatoms. The van der Waals surface area contributed by atoms with Crippen LogP contribution in [0.4, 0.5) is 23.2 Å². The zero-order valence-corrected chi connectivity index (χ0v) is 27.0. The van der Waals surface area contributed by atoms with Crippen molar-refractivity contribution < 1.29 is 40.2 Å². The van der Waals surface area contributed by atoms with E-state index in [0.717, 1.165) is 17.2 Å². The first kappa shape index (κ1) is 34.5. The first-order valence-corrected chi connectivity index (χ1v) is 17.1. The third-order valence-electron chi connectivity index (χ3n) is 8.49. The Kier molecular flexibility index (Phi) is 10.3. The second kappa shape index (κ2) is 14.1. The maximum absolute atomic E-state index is 14.5. The van der Waals surface area contributed by atoms with E-state index in [9.17, 15) is 30.8 Å². The molecular formula is C32H37F4N5O5S. The van der Waals surface area contributed by atoms with Crippen LogP contribution in [0.3, 0.4) is 0 Å². The number of carbonyl (C=O) groups excluding carboxylic acids is 1. The molecule has 3 heterocycles. The molecular weight excluding hydrogens is 642 g/mol. The molecule has 3 aromatic rings. The average molecular weight is 680 g/mol. The normalized spacial score (nSPS) is 22.4. The SMILES string of the molecule is COc1ccc(S(C)(=O)=O)cc1NCC#Cc1cc(C(=O)N[C@H]2CCN([C@@H]3CCOC[C@@H]3F)C[C@@H]2C)c2ncn(CC(F)(F)F)c2c1. The number of anilines is 1. The molecule has 2 aromatic carbocycles. The molecule has 1 aromatic heterocycles. The van der Waals surface area contributed by atoms with Crippen molar-refractivity contribution in [3.05, 3.63) is 47.8 Å². The van der Waals surface area contributed by atoms with Crippen LogP contribution in [0.5, 0.6) is 5.75 Å². The molecule has 2 aliphatic rings. The molecule has 254 valence electrons. The Bertz CT molecular complexity index is 1790. The highest BCUT2D eigenvalue weighted by atomic mass is 32.2. The number of fused-ring (bicyclic) bond motifs is 1. The number of hydrogen-bond donors (Lipinski definition) is 2. The number of piperidine rings is 1. The minimum atomic E-state index is -4.52. The van der Waals surface area contributed by atoms with Crippen molar-refractivity contribution >= 4 is 32.5 Å². The van der Waals surface area contributed by atoms with Gasteiger partial charge in [-0.2, -0.15) is 13.2 Å². The summed E-state index contributed by atoms with van der Waals surface area (Å²) >= 11 is 0. The quantitative estimate of drug-likeness (QED) is 0.271. The summed E-state index contributed by atoms with van der Waals surface area (Å²) < 4.78 is 90.1. The molecule has 2 saturated heterocycles. The molecule has 5 rings (SSSR count). The number of ether oxygens (including phenoxy) is 2. The molecule has 4 atom stereocenters. The van der Waals surface area contributed by atoms with Crippen molar-refractivity contribution in [1.29, 1.82) is 0 Å². The number of sulfone groups is 1. The summed E-state index contributed by atoms with van der Waals surface area (Å²) in [4.78, 5) is 20.0. The molecule has 2 N–H and O–H groups in total. The average Bonchev–Trinajstić information content (AvgIpc) is 3.40. The lowest BCUT2D eigenvalue weighted by molar-refractivity contribution is -0.139. The van der Waals surface area contributed by atoms with E-state index in [0.29, 0.717) is 49.5 Å². The van der Waals surface area contributed by atoms with Crippen LogP contribution in [0, 0.1) is 17.8 Å². The molecule has 0 saturated carbocycles. The van der Waals surface area contributed by atoms with Crippen LogP contribution in [0.25, 0.3) is 11.0 Å². The van der Waals surface area contributed by atoms with Crippen molar-refractivity contribution in [3.8, 4) is 17.6 Å². The number of amides is 1. The molecule has 1 amide bonds. The molecule has 0 radical (unpaired) electrons. The van der Waals surface area contributed by atoms with Gasteiger partial charge in [0.05, 0.1) is 48.3 Å². The Morgan fingerprint density at radius 1 is 1.21 bits per heavy atom. The minimum Gasteiger partial charge on any atom is -0.495 e. The van der Waals surface area contributed by atoms with E-state index in [2.05, 4.69) is 32.4 Å². The van der Waals surface area contributed by atoms with Crippen LogP contribution in [0.1, 0.15) is 35.7 Å². The van der Waals surface area contributed by atoms with Gasteiger partial charge in [-0.15, -0.1) is 0 Å². The van der Waals surface area contributed by atoms with Crippen molar-refractivity contribution in [2.24, 2.45) is 5.92 Å². The summed E-state index contributed by atoms with van der Waals surface area (Å²) in [5.74, 6) is 5.68. The van der Waals surface area contributed by atoms with Crippen LogP contribution in [-0.2, 0) is 21.1 Å². The molecule has 10 nitrogen and oxygen atoms in total. The van der Waals surface area contributed by atoms with E-state index >= 15 is 0 Å². The van der Waals surface area contributed by atoms with Gasteiger partial charge in [0.1, 0.15) is 24.0 Å². The lowest BCUT2D eigenvalue weighted by Crippen LogP contribution is -2.56. The Balaban J connectivity index is 1.36. The number of likely N-dealkylation sites (tertiary alicyclic amines) is 1. The highest BCUT2D eigenvalue weighted by Gasteiger charge is 2.36. The molecule has 47 heavy (non-hydrogen) atoms. The van der Waals surface area contributed by atoms with Crippen LogP contribution in [0.15, 0.2) is 41.6 Å². The van der Waals surface area contributed by atoms with Crippen molar-refractivity contribution in [2.75, 3.05) is 51.5 Å².